The first-order chi connectivity index (χ1) is 12.8. The Kier molecular flexibility index (Phi) is 7.36. The lowest BCUT2D eigenvalue weighted by molar-refractivity contribution is -0.149. The number of hydrogen-bond acceptors (Lipinski definition) is 5. The van der Waals surface area contributed by atoms with Crippen LogP contribution in [0.25, 0.3) is 0 Å². The summed E-state index contributed by atoms with van der Waals surface area (Å²) in [6.45, 7) is -2.28. The molecular weight excluding hydrogens is 384 g/mol. The molecule has 2 aromatic carbocycles. The molecular formula is C18H16ClF2NO5. The van der Waals surface area contributed by atoms with Gasteiger partial charge in [-0.25, -0.2) is 4.79 Å². The summed E-state index contributed by atoms with van der Waals surface area (Å²) in [7, 11) is 0. The SMILES string of the molecule is Cc1cc(Cl)ccc1OCC(=O)OCC(=O)Nc1ccccc1OC(F)F. The van der Waals surface area contributed by atoms with Crippen molar-refractivity contribution in [3.63, 3.8) is 0 Å². The number of ether oxygens (including phenoxy) is 3. The van der Waals surface area contributed by atoms with E-state index in [0.29, 0.717) is 10.8 Å². The van der Waals surface area contributed by atoms with Gasteiger partial charge in [-0.05, 0) is 42.8 Å². The van der Waals surface area contributed by atoms with E-state index in [2.05, 4.69) is 10.1 Å². The van der Waals surface area contributed by atoms with Crippen molar-refractivity contribution in [1.29, 1.82) is 0 Å². The molecule has 0 aromatic heterocycles. The van der Waals surface area contributed by atoms with Gasteiger partial charge in [0.1, 0.15) is 11.5 Å². The number of nitrogens with one attached hydrogen (secondary N) is 1. The maximum Gasteiger partial charge on any atom is 0.387 e. The van der Waals surface area contributed by atoms with Gasteiger partial charge in [0.15, 0.2) is 13.2 Å². The number of esters is 1. The number of aryl methyl sites for hydroxylation is 1. The van der Waals surface area contributed by atoms with Crippen LogP contribution >= 0.6 is 11.6 Å². The molecule has 0 saturated heterocycles. The molecule has 144 valence electrons. The molecule has 1 amide bonds. The molecule has 0 radical (unpaired) electrons. The summed E-state index contributed by atoms with van der Waals surface area (Å²) in [6.07, 6.45) is 0. The third-order valence-corrected chi connectivity index (χ3v) is 3.46. The molecule has 0 fully saturated rings. The molecule has 0 unspecified atom stereocenters. The number of anilines is 1. The van der Waals surface area contributed by atoms with Crippen LogP contribution in [0.15, 0.2) is 42.5 Å². The number of carbonyl (C=O) groups is 2. The molecule has 0 aliphatic carbocycles. The van der Waals surface area contributed by atoms with Crippen LogP contribution in [0.1, 0.15) is 5.56 Å². The normalized spacial score (nSPS) is 10.4. The molecule has 2 rings (SSSR count). The van der Waals surface area contributed by atoms with Crippen LogP contribution < -0.4 is 14.8 Å². The van der Waals surface area contributed by atoms with E-state index in [-0.39, 0.29) is 11.4 Å². The number of amides is 1. The zero-order valence-corrected chi connectivity index (χ0v) is 15.0. The highest BCUT2D eigenvalue weighted by Crippen LogP contribution is 2.25. The van der Waals surface area contributed by atoms with E-state index in [9.17, 15) is 18.4 Å². The number of rotatable bonds is 8. The zero-order valence-electron chi connectivity index (χ0n) is 14.2. The summed E-state index contributed by atoms with van der Waals surface area (Å²) in [6, 6.07) is 10.6. The summed E-state index contributed by atoms with van der Waals surface area (Å²) < 4.78 is 39.1. The standard InChI is InChI=1S/C18H16ClF2NO5/c1-11-8-12(19)6-7-14(11)25-10-17(24)26-9-16(23)22-13-4-2-3-5-15(13)27-18(20)21/h2-8,18H,9-10H2,1H3,(H,22,23). The maximum atomic E-state index is 12.3. The van der Waals surface area contributed by atoms with Crippen molar-refractivity contribution in [3.8, 4) is 11.5 Å². The molecule has 0 saturated carbocycles. The van der Waals surface area contributed by atoms with E-state index < -0.39 is 31.7 Å². The van der Waals surface area contributed by atoms with Gasteiger partial charge in [-0.3, -0.25) is 4.79 Å². The van der Waals surface area contributed by atoms with Crippen LogP contribution in [-0.4, -0.2) is 31.7 Å². The Morgan fingerprint density at radius 3 is 2.56 bits per heavy atom. The summed E-state index contributed by atoms with van der Waals surface area (Å²) in [4.78, 5) is 23.5. The minimum Gasteiger partial charge on any atom is -0.482 e. The van der Waals surface area contributed by atoms with E-state index in [4.69, 9.17) is 21.1 Å². The number of para-hydroxylation sites is 2. The van der Waals surface area contributed by atoms with E-state index in [1.165, 1.54) is 24.3 Å². The first-order valence-corrected chi connectivity index (χ1v) is 8.11. The first-order valence-electron chi connectivity index (χ1n) is 7.73. The lowest BCUT2D eigenvalue weighted by Crippen LogP contribution is -2.24. The Bertz CT molecular complexity index is 816. The fourth-order valence-corrected chi connectivity index (χ4v) is 2.28. The Hall–Kier alpha value is -2.87. The van der Waals surface area contributed by atoms with E-state index in [0.717, 1.165) is 5.56 Å². The highest BCUT2D eigenvalue weighted by molar-refractivity contribution is 6.30. The average Bonchev–Trinajstić information content (AvgIpc) is 2.60. The van der Waals surface area contributed by atoms with Crippen LogP contribution in [0.2, 0.25) is 5.02 Å². The zero-order chi connectivity index (χ0) is 19.8. The molecule has 6 nitrogen and oxygen atoms in total. The van der Waals surface area contributed by atoms with Crippen molar-refractivity contribution in [3.05, 3.63) is 53.1 Å². The largest absolute Gasteiger partial charge is 0.482 e. The Labute approximate surface area is 159 Å². The van der Waals surface area contributed by atoms with E-state index in [1.807, 2.05) is 0 Å². The lowest BCUT2D eigenvalue weighted by Gasteiger charge is -2.12. The molecule has 9 heteroatoms. The molecule has 0 aliphatic heterocycles. The lowest BCUT2D eigenvalue weighted by atomic mass is 10.2. The van der Waals surface area contributed by atoms with Crippen LogP contribution in [0.5, 0.6) is 11.5 Å². The van der Waals surface area contributed by atoms with Gasteiger partial charge in [0.2, 0.25) is 0 Å². The molecule has 0 heterocycles. The van der Waals surface area contributed by atoms with Gasteiger partial charge in [0.05, 0.1) is 5.69 Å². The number of carbonyl (C=O) groups excluding carboxylic acids is 2. The topological polar surface area (TPSA) is 73.9 Å². The van der Waals surface area contributed by atoms with Gasteiger partial charge < -0.3 is 19.5 Å². The van der Waals surface area contributed by atoms with Crippen LogP contribution in [-0.2, 0) is 14.3 Å². The van der Waals surface area contributed by atoms with Gasteiger partial charge in [-0.2, -0.15) is 8.78 Å². The summed E-state index contributed by atoms with van der Waals surface area (Å²) in [5.41, 5.74) is 0.774. The van der Waals surface area contributed by atoms with E-state index in [1.54, 1.807) is 25.1 Å². The second-order valence-electron chi connectivity index (χ2n) is 5.28. The van der Waals surface area contributed by atoms with Gasteiger partial charge >= 0.3 is 12.6 Å². The van der Waals surface area contributed by atoms with Crippen LogP contribution in [0.4, 0.5) is 14.5 Å². The van der Waals surface area contributed by atoms with Gasteiger partial charge in [0.25, 0.3) is 5.91 Å². The molecule has 0 bridgehead atoms. The maximum absolute atomic E-state index is 12.3. The van der Waals surface area contributed by atoms with Crippen molar-refractivity contribution in [2.75, 3.05) is 18.5 Å². The van der Waals surface area contributed by atoms with Gasteiger partial charge in [-0.15, -0.1) is 0 Å². The van der Waals surface area contributed by atoms with Crippen LogP contribution in [0.3, 0.4) is 0 Å². The number of benzene rings is 2. The number of halogens is 3. The highest BCUT2D eigenvalue weighted by atomic mass is 35.5. The summed E-state index contributed by atoms with van der Waals surface area (Å²) in [5.74, 6) is -1.22. The predicted octanol–water partition coefficient (Wildman–Crippen LogP) is 3.81. The third kappa shape index (κ3) is 6.74. The van der Waals surface area contributed by atoms with Crippen molar-refractivity contribution < 1.29 is 32.6 Å². The smallest absolute Gasteiger partial charge is 0.387 e. The fraction of sp³-hybridized carbons (Fsp3) is 0.222. The van der Waals surface area contributed by atoms with Crippen molar-refractivity contribution in [1.82, 2.24) is 0 Å². The molecule has 0 aliphatic rings. The first kappa shape index (κ1) is 20.4. The minimum atomic E-state index is -3.03. The number of hydrogen-bond donors (Lipinski definition) is 1. The molecule has 0 spiro atoms. The van der Waals surface area contributed by atoms with E-state index >= 15 is 0 Å². The van der Waals surface area contributed by atoms with Crippen LogP contribution in [0, 0.1) is 6.92 Å². The quantitative estimate of drug-likeness (QED) is 0.683. The Morgan fingerprint density at radius 2 is 1.85 bits per heavy atom. The monoisotopic (exact) mass is 399 g/mol. The summed E-state index contributed by atoms with van der Waals surface area (Å²) >= 11 is 5.83. The molecule has 0 atom stereocenters. The third-order valence-electron chi connectivity index (χ3n) is 3.22. The second-order valence-corrected chi connectivity index (χ2v) is 5.72. The molecule has 27 heavy (non-hydrogen) atoms. The minimum absolute atomic E-state index is 0.0342. The molecule has 1 N–H and O–H groups in total. The van der Waals surface area contributed by atoms with Crippen molar-refractivity contribution >= 4 is 29.2 Å². The predicted molar refractivity (Wildman–Crippen MR) is 94.3 cm³/mol. The second kappa shape index (κ2) is 9.72. The van der Waals surface area contributed by atoms with Gasteiger partial charge in [0, 0.05) is 5.02 Å². The highest BCUT2D eigenvalue weighted by Gasteiger charge is 2.13. The number of alkyl halides is 2. The van der Waals surface area contributed by atoms with Gasteiger partial charge in [-0.1, -0.05) is 23.7 Å². The van der Waals surface area contributed by atoms with Crippen molar-refractivity contribution in [2.24, 2.45) is 0 Å². The molecule has 2 aromatic rings. The summed E-state index contributed by atoms with van der Waals surface area (Å²) in [5, 5.41) is 2.87. The average molecular weight is 400 g/mol. The Morgan fingerprint density at radius 1 is 1.11 bits per heavy atom. The fourth-order valence-electron chi connectivity index (χ4n) is 2.05. The Balaban J connectivity index is 1.81. The van der Waals surface area contributed by atoms with Crippen molar-refractivity contribution in [2.45, 2.75) is 13.5 Å².